The van der Waals surface area contributed by atoms with E-state index in [1.807, 2.05) is 0 Å². The zero-order valence-electron chi connectivity index (χ0n) is 11.9. The van der Waals surface area contributed by atoms with Gasteiger partial charge in [0, 0.05) is 24.9 Å². The topological polar surface area (TPSA) is 66.2 Å². The molecule has 0 fully saturated rings. The normalized spacial score (nSPS) is 11.4. The molecule has 0 spiro atoms. The number of aromatic nitrogens is 3. The minimum absolute atomic E-state index is 0.0926. The lowest BCUT2D eigenvalue weighted by molar-refractivity contribution is -0.276. The third kappa shape index (κ3) is 3.35. The number of carbonyl (C=O) groups excluding carboxylic acids is 1. The van der Waals surface area contributed by atoms with Crippen LogP contribution >= 0.6 is 0 Å². The summed E-state index contributed by atoms with van der Waals surface area (Å²) < 4.78 is 46.2. The predicted octanol–water partition coefficient (Wildman–Crippen LogP) is 2.48. The van der Waals surface area contributed by atoms with Crippen molar-refractivity contribution in [3.63, 3.8) is 0 Å². The minimum atomic E-state index is -4.80. The van der Waals surface area contributed by atoms with Gasteiger partial charge in [0.05, 0.1) is 12.8 Å². The number of nitrogens with zero attached hydrogens (tertiary/aromatic N) is 3. The van der Waals surface area contributed by atoms with Gasteiger partial charge in [0.25, 0.3) is 0 Å². The number of methoxy groups -OCH3 is 1. The van der Waals surface area contributed by atoms with Crippen LogP contribution in [0, 0.1) is 6.92 Å². The van der Waals surface area contributed by atoms with Crippen LogP contribution in [0.5, 0.6) is 5.88 Å². The molecule has 0 N–H and O–H groups in total. The molecule has 0 aromatic carbocycles. The maximum absolute atomic E-state index is 12.2. The Bertz CT molecular complexity index is 710. The molecule has 6 nitrogen and oxygen atoms in total. The second-order valence-electron chi connectivity index (χ2n) is 4.42. The van der Waals surface area contributed by atoms with Crippen molar-refractivity contribution in [1.29, 1.82) is 0 Å². The summed E-state index contributed by atoms with van der Waals surface area (Å²) in [5.41, 5.74) is 1.63. The fourth-order valence-corrected chi connectivity index (χ4v) is 1.90. The fraction of sp³-hybridized carbons (Fsp3) is 0.308. The smallest absolute Gasteiger partial charge is 0.464 e. The standard InChI is InChI=1S/C13H12F3N3O3/c1-7-4-11(22-13(14,15)16)17-6-8(7)10-5-9(12(20)21-3)18-19(10)2/h4-6H,1-3H3. The Morgan fingerprint density at radius 3 is 2.55 bits per heavy atom. The molecule has 0 aliphatic rings. The summed E-state index contributed by atoms with van der Waals surface area (Å²) in [5.74, 6) is -1.16. The molecule has 2 aromatic heterocycles. The maximum Gasteiger partial charge on any atom is 0.574 e. The summed E-state index contributed by atoms with van der Waals surface area (Å²) in [6.07, 6.45) is -3.57. The van der Waals surface area contributed by atoms with E-state index >= 15 is 0 Å². The van der Waals surface area contributed by atoms with Gasteiger partial charge in [-0.15, -0.1) is 13.2 Å². The molecular formula is C13H12F3N3O3. The lowest BCUT2D eigenvalue weighted by Gasteiger charge is -2.10. The number of hydrogen-bond acceptors (Lipinski definition) is 5. The molecule has 0 bridgehead atoms. The Labute approximate surface area is 123 Å². The van der Waals surface area contributed by atoms with Crippen LogP contribution in [0.1, 0.15) is 16.1 Å². The number of rotatable bonds is 3. The summed E-state index contributed by atoms with van der Waals surface area (Å²) in [6, 6.07) is 2.63. The highest BCUT2D eigenvalue weighted by molar-refractivity contribution is 5.88. The molecule has 9 heteroatoms. The van der Waals surface area contributed by atoms with Gasteiger partial charge >= 0.3 is 12.3 Å². The molecule has 2 heterocycles. The van der Waals surface area contributed by atoms with E-state index in [1.165, 1.54) is 24.1 Å². The zero-order chi connectivity index (χ0) is 16.5. The Balaban J connectivity index is 2.38. The van der Waals surface area contributed by atoms with Crippen LogP contribution in [-0.2, 0) is 11.8 Å². The van der Waals surface area contributed by atoms with Crippen LogP contribution in [0.4, 0.5) is 13.2 Å². The number of halogens is 3. The van der Waals surface area contributed by atoms with E-state index in [0.29, 0.717) is 16.8 Å². The lowest BCUT2D eigenvalue weighted by atomic mass is 10.1. The third-order valence-corrected chi connectivity index (χ3v) is 2.86. The summed E-state index contributed by atoms with van der Waals surface area (Å²) >= 11 is 0. The number of esters is 1. The third-order valence-electron chi connectivity index (χ3n) is 2.86. The highest BCUT2D eigenvalue weighted by Crippen LogP contribution is 2.28. The van der Waals surface area contributed by atoms with E-state index in [2.05, 4.69) is 19.6 Å². The average Bonchev–Trinajstić information content (AvgIpc) is 2.78. The molecular weight excluding hydrogens is 303 g/mol. The highest BCUT2D eigenvalue weighted by Gasteiger charge is 2.32. The van der Waals surface area contributed by atoms with Crippen molar-refractivity contribution in [3.8, 4) is 17.1 Å². The molecule has 22 heavy (non-hydrogen) atoms. The van der Waals surface area contributed by atoms with Gasteiger partial charge in [-0.1, -0.05) is 0 Å². The average molecular weight is 315 g/mol. The van der Waals surface area contributed by atoms with E-state index in [9.17, 15) is 18.0 Å². The molecule has 2 rings (SSSR count). The van der Waals surface area contributed by atoms with E-state index in [0.717, 1.165) is 6.07 Å². The zero-order valence-corrected chi connectivity index (χ0v) is 11.9. The molecule has 0 aliphatic carbocycles. The van der Waals surface area contributed by atoms with E-state index in [4.69, 9.17) is 0 Å². The Morgan fingerprint density at radius 1 is 1.32 bits per heavy atom. The van der Waals surface area contributed by atoms with Crippen LogP contribution in [0.25, 0.3) is 11.3 Å². The summed E-state index contributed by atoms with van der Waals surface area (Å²) in [7, 11) is 2.83. The quantitative estimate of drug-likeness (QED) is 0.814. The van der Waals surface area contributed by atoms with Gasteiger partial charge in [0.15, 0.2) is 5.69 Å². The molecule has 0 atom stereocenters. The van der Waals surface area contributed by atoms with Gasteiger partial charge in [-0.2, -0.15) is 5.10 Å². The molecule has 0 unspecified atom stereocenters. The van der Waals surface area contributed by atoms with Gasteiger partial charge in [-0.25, -0.2) is 9.78 Å². The molecule has 0 amide bonds. The van der Waals surface area contributed by atoms with E-state index in [1.54, 1.807) is 14.0 Å². The number of aryl methyl sites for hydroxylation is 2. The first-order chi connectivity index (χ1) is 10.2. The summed E-state index contributed by atoms with van der Waals surface area (Å²) in [6.45, 7) is 1.60. The van der Waals surface area contributed by atoms with E-state index < -0.39 is 18.2 Å². The fourth-order valence-electron chi connectivity index (χ4n) is 1.90. The van der Waals surface area contributed by atoms with Gasteiger partial charge in [-0.3, -0.25) is 4.68 Å². The molecule has 0 radical (unpaired) electrons. The number of hydrogen-bond donors (Lipinski definition) is 0. The molecule has 118 valence electrons. The molecule has 0 saturated carbocycles. The van der Waals surface area contributed by atoms with Crippen molar-refractivity contribution in [2.45, 2.75) is 13.3 Å². The van der Waals surface area contributed by atoms with Crippen LogP contribution < -0.4 is 4.74 Å². The number of carbonyl (C=O) groups is 1. The summed E-state index contributed by atoms with van der Waals surface area (Å²) in [5, 5.41) is 3.98. The monoisotopic (exact) mass is 315 g/mol. The molecule has 2 aromatic rings. The molecule has 0 saturated heterocycles. The van der Waals surface area contributed by atoms with Crippen molar-refractivity contribution in [2.24, 2.45) is 7.05 Å². The SMILES string of the molecule is COC(=O)c1cc(-c2cnc(OC(F)(F)F)cc2C)n(C)n1. The van der Waals surface area contributed by atoms with Crippen LogP contribution in [-0.4, -0.2) is 34.2 Å². The lowest BCUT2D eigenvalue weighted by Crippen LogP contribution is -2.18. The van der Waals surface area contributed by atoms with E-state index in [-0.39, 0.29) is 5.69 Å². The Kier molecular flexibility index (Phi) is 4.07. The van der Waals surface area contributed by atoms with Crippen LogP contribution in [0.2, 0.25) is 0 Å². The van der Waals surface area contributed by atoms with Gasteiger partial charge in [0.2, 0.25) is 5.88 Å². The minimum Gasteiger partial charge on any atom is -0.464 e. The highest BCUT2D eigenvalue weighted by atomic mass is 19.4. The van der Waals surface area contributed by atoms with Gasteiger partial charge in [-0.05, 0) is 18.6 Å². The maximum atomic E-state index is 12.2. The molecule has 0 aliphatic heterocycles. The van der Waals surface area contributed by atoms with Crippen LogP contribution in [0.15, 0.2) is 18.3 Å². The van der Waals surface area contributed by atoms with Crippen molar-refractivity contribution < 1.29 is 27.4 Å². The largest absolute Gasteiger partial charge is 0.574 e. The van der Waals surface area contributed by atoms with Crippen molar-refractivity contribution >= 4 is 5.97 Å². The van der Waals surface area contributed by atoms with Crippen molar-refractivity contribution in [2.75, 3.05) is 7.11 Å². The van der Waals surface area contributed by atoms with Gasteiger partial charge < -0.3 is 9.47 Å². The van der Waals surface area contributed by atoms with Crippen molar-refractivity contribution in [1.82, 2.24) is 14.8 Å². The Hall–Kier alpha value is -2.58. The first-order valence-electron chi connectivity index (χ1n) is 6.06. The second kappa shape index (κ2) is 5.66. The van der Waals surface area contributed by atoms with Gasteiger partial charge in [0.1, 0.15) is 0 Å². The van der Waals surface area contributed by atoms with Crippen LogP contribution in [0.3, 0.4) is 0 Å². The number of alkyl halides is 3. The van der Waals surface area contributed by atoms with Crippen molar-refractivity contribution in [3.05, 3.63) is 29.6 Å². The summed E-state index contributed by atoms with van der Waals surface area (Å²) in [4.78, 5) is 15.1. The number of ether oxygens (including phenoxy) is 2. The second-order valence-corrected chi connectivity index (χ2v) is 4.42. The first kappa shape index (κ1) is 15.8. The first-order valence-corrected chi connectivity index (χ1v) is 6.06. The predicted molar refractivity (Wildman–Crippen MR) is 69.2 cm³/mol. The number of pyridine rings is 1. The Morgan fingerprint density at radius 2 is 2.00 bits per heavy atom.